The predicted octanol–water partition coefficient (Wildman–Crippen LogP) is 3.28. The molecule has 1 aromatic carbocycles. The lowest BCUT2D eigenvalue weighted by molar-refractivity contribution is 0.102. The molecule has 20 heavy (non-hydrogen) atoms. The molecule has 0 fully saturated rings. The molecule has 0 saturated heterocycles. The number of nitrogens with zero attached hydrogens (tertiary/aromatic N) is 1. The van der Waals surface area contributed by atoms with Gasteiger partial charge in [0.25, 0.3) is 5.91 Å². The molecule has 0 saturated carbocycles. The van der Waals surface area contributed by atoms with E-state index in [1.165, 1.54) is 18.9 Å². The standard InChI is InChI=1S/C15H15BrN2O2/c1-20-14-10-17-9-7-13(14)15(19)18-12-4-2-11(3-5-12)6-8-16/h2-5,7,9-10H,6,8H2,1H3,(H,18,19). The van der Waals surface area contributed by atoms with Crippen LogP contribution < -0.4 is 10.1 Å². The zero-order valence-corrected chi connectivity index (χ0v) is 12.7. The van der Waals surface area contributed by atoms with Crippen LogP contribution in [0.15, 0.2) is 42.7 Å². The van der Waals surface area contributed by atoms with Crippen LogP contribution in [0.1, 0.15) is 15.9 Å². The topological polar surface area (TPSA) is 51.2 Å². The Balaban J connectivity index is 2.11. The molecular weight excluding hydrogens is 320 g/mol. The van der Waals surface area contributed by atoms with Crippen molar-refractivity contribution in [2.75, 3.05) is 17.8 Å². The molecule has 0 aliphatic rings. The molecule has 104 valence electrons. The second-order valence-electron chi connectivity index (χ2n) is 4.17. The fourth-order valence-corrected chi connectivity index (χ4v) is 2.25. The molecule has 4 nitrogen and oxygen atoms in total. The summed E-state index contributed by atoms with van der Waals surface area (Å²) in [6.45, 7) is 0. The molecule has 1 N–H and O–H groups in total. The lowest BCUT2D eigenvalue weighted by Crippen LogP contribution is -2.13. The molecular formula is C15H15BrN2O2. The van der Waals surface area contributed by atoms with Crippen LogP contribution in [0.25, 0.3) is 0 Å². The predicted molar refractivity (Wildman–Crippen MR) is 82.7 cm³/mol. The van der Waals surface area contributed by atoms with Gasteiger partial charge in [-0.15, -0.1) is 0 Å². The third kappa shape index (κ3) is 3.57. The van der Waals surface area contributed by atoms with Crippen molar-refractivity contribution in [3.8, 4) is 5.75 Å². The van der Waals surface area contributed by atoms with E-state index in [1.807, 2.05) is 24.3 Å². The Morgan fingerprint density at radius 3 is 2.70 bits per heavy atom. The van der Waals surface area contributed by atoms with E-state index in [0.29, 0.717) is 11.3 Å². The number of hydrogen-bond donors (Lipinski definition) is 1. The molecule has 0 aliphatic heterocycles. The van der Waals surface area contributed by atoms with Crippen LogP contribution in [0.5, 0.6) is 5.75 Å². The van der Waals surface area contributed by atoms with Gasteiger partial charge in [0.15, 0.2) is 0 Å². The number of carbonyl (C=O) groups excluding carboxylic acids is 1. The highest BCUT2D eigenvalue weighted by Crippen LogP contribution is 2.18. The fourth-order valence-electron chi connectivity index (χ4n) is 1.79. The molecule has 1 heterocycles. The average molecular weight is 335 g/mol. The Morgan fingerprint density at radius 1 is 1.30 bits per heavy atom. The minimum atomic E-state index is -0.211. The molecule has 2 rings (SSSR count). The molecule has 0 radical (unpaired) electrons. The molecule has 2 aromatic rings. The summed E-state index contributed by atoms with van der Waals surface area (Å²) in [5.41, 5.74) is 2.44. The van der Waals surface area contributed by atoms with E-state index in [-0.39, 0.29) is 5.91 Å². The van der Waals surface area contributed by atoms with Gasteiger partial charge in [0.1, 0.15) is 5.75 Å². The van der Waals surface area contributed by atoms with Gasteiger partial charge in [0, 0.05) is 17.2 Å². The van der Waals surface area contributed by atoms with E-state index in [0.717, 1.165) is 17.4 Å². The molecule has 5 heteroatoms. The summed E-state index contributed by atoms with van der Waals surface area (Å²) in [5.74, 6) is 0.249. The monoisotopic (exact) mass is 334 g/mol. The van der Waals surface area contributed by atoms with Crippen LogP contribution in [0.3, 0.4) is 0 Å². The van der Waals surface area contributed by atoms with Crippen molar-refractivity contribution >= 4 is 27.5 Å². The molecule has 0 unspecified atom stereocenters. The maximum Gasteiger partial charge on any atom is 0.259 e. The number of hydrogen-bond acceptors (Lipinski definition) is 3. The van der Waals surface area contributed by atoms with Crippen molar-refractivity contribution in [3.05, 3.63) is 53.9 Å². The Hall–Kier alpha value is -1.88. The largest absolute Gasteiger partial charge is 0.494 e. The van der Waals surface area contributed by atoms with Gasteiger partial charge in [-0.1, -0.05) is 28.1 Å². The number of rotatable bonds is 5. The summed E-state index contributed by atoms with van der Waals surface area (Å²) in [6.07, 6.45) is 4.05. The first kappa shape index (κ1) is 14.5. The number of ether oxygens (including phenoxy) is 1. The Kier molecular flexibility index (Phi) is 5.12. The van der Waals surface area contributed by atoms with Crippen LogP contribution in [-0.2, 0) is 6.42 Å². The van der Waals surface area contributed by atoms with Crippen molar-refractivity contribution in [1.29, 1.82) is 0 Å². The zero-order valence-electron chi connectivity index (χ0n) is 11.1. The number of nitrogens with one attached hydrogen (secondary N) is 1. The van der Waals surface area contributed by atoms with Gasteiger partial charge < -0.3 is 10.1 Å². The van der Waals surface area contributed by atoms with Crippen LogP contribution in [0, 0.1) is 0 Å². The molecule has 0 aliphatic carbocycles. The normalized spacial score (nSPS) is 10.1. The van der Waals surface area contributed by atoms with Crippen LogP contribution in [0.2, 0.25) is 0 Å². The Bertz CT molecular complexity index is 585. The maximum absolute atomic E-state index is 12.2. The third-order valence-electron chi connectivity index (χ3n) is 2.84. The van der Waals surface area contributed by atoms with E-state index in [1.54, 1.807) is 12.3 Å². The highest BCUT2D eigenvalue weighted by molar-refractivity contribution is 9.09. The molecule has 0 atom stereocenters. The first-order chi connectivity index (χ1) is 9.74. The van der Waals surface area contributed by atoms with Crippen molar-refractivity contribution in [2.45, 2.75) is 6.42 Å². The number of alkyl halides is 1. The summed E-state index contributed by atoms with van der Waals surface area (Å²) >= 11 is 3.40. The van der Waals surface area contributed by atoms with Gasteiger partial charge in [-0.3, -0.25) is 9.78 Å². The minimum Gasteiger partial charge on any atom is -0.494 e. The maximum atomic E-state index is 12.2. The number of aromatic nitrogens is 1. The van der Waals surface area contributed by atoms with Crippen molar-refractivity contribution in [3.63, 3.8) is 0 Å². The summed E-state index contributed by atoms with van der Waals surface area (Å²) in [4.78, 5) is 16.1. The number of methoxy groups -OCH3 is 1. The summed E-state index contributed by atoms with van der Waals surface area (Å²) in [7, 11) is 1.52. The van der Waals surface area contributed by atoms with Gasteiger partial charge in [-0.05, 0) is 30.2 Å². The van der Waals surface area contributed by atoms with Crippen molar-refractivity contribution < 1.29 is 9.53 Å². The first-order valence-electron chi connectivity index (χ1n) is 6.19. The Morgan fingerprint density at radius 2 is 2.05 bits per heavy atom. The second kappa shape index (κ2) is 7.05. The van der Waals surface area contributed by atoms with Gasteiger partial charge >= 0.3 is 0 Å². The first-order valence-corrected chi connectivity index (χ1v) is 7.31. The highest BCUT2D eigenvalue weighted by Gasteiger charge is 2.11. The van der Waals surface area contributed by atoms with Crippen molar-refractivity contribution in [2.24, 2.45) is 0 Å². The van der Waals surface area contributed by atoms with E-state index in [2.05, 4.69) is 26.2 Å². The lowest BCUT2D eigenvalue weighted by atomic mass is 10.1. The van der Waals surface area contributed by atoms with E-state index >= 15 is 0 Å². The van der Waals surface area contributed by atoms with Crippen LogP contribution >= 0.6 is 15.9 Å². The smallest absolute Gasteiger partial charge is 0.259 e. The molecule has 0 bridgehead atoms. The SMILES string of the molecule is COc1cnccc1C(=O)Nc1ccc(CCBr)cc1. The highest BCUT2D eigenvalue weighted by atomic mass is 79.9. The minimum absolute atomic E-state index is 0.211. The van der Waals surface area contributed by atoms with Gasteiger partial charge in [-0.2, -0.15) is 0 Å². The average Bonchev–Trinajstić information content (AvgIpc) is 2.49. The number of anilines is 1. The number of aryl methyl sites for hydroxylation is 1. The third-order valence-corrected chi connectivity index (χ3v) is 3.24. The number of amides is 1. The Labute approximate surface area is 126 Å². The summed E-state index contributed by atoms with van der Waals surface area (Å²) in [5, 5.41) is 3.77. The van der Waals surface area contributed by atoms with E-state index < -0.39 is 0 Å². The quantitative estimate of drug-likeness (QED) is 0.853. The molecule has 0 spiro atoms. The second-order valence-corrected chi connectivity index (χ2v) is 4.96. The van der Waals surface area contributed by atoms with Gasteiger partial charge in [-0.25, -0.2) is 0 Å². The van der Waals surface area contributed by atoms with E-state index in [4.69, 9.17) is 4.74 Å². The van der Waals surface area contributed by atoms with Crippen LogP contribution in [0.4, 0.5) is 5.69 Å². The number of pyridine rings is 1. The van der Waals surface area contributed by atoms with E-state index in [9.17, 15) is 4.79 Å². The summed E-state index contributed by atoms with van der Waals surface area (Å²) in [6, 6.07) is 9.42. The lowest BCUT2D eigenvalue weighted by Gasteiger charge is -2.09. The van der Waals surface area contributed by atoms with Crippen LogP contribution in [-0.4, -0.2) is 23.3 Å². The number of halogens is 1. The molecule has 1 amide bonds. The number of benzene rings is 1. The number of carbonyl (C=O) groups is 1. The fraction of sp³-hybridized carbons (Fsp3) is 0.200. The zero-order chi connectivity index (χ0) is 14.4. The summed E-state index contributed by atoms with van der Waals surface area (Å²) < 4.78 is 5.13. The van der Waals surface area contributed by atoms with Gasteiger partial charge in [0.2, 0.25) is 0 Å². The van der Waals surface area contributed by atoms with Crippen molar-refractivity contribution in [1.82, 2.24) is 4.98 Å². The van der Waals surface area contributed by atoms with Gasteiger partial charge in [0.05, 0.1) is 18.9 Å². The molecule has 1 aromatic heterocycles.